The number of unbranched alkanes of at least 4 members (excludes halogenated alkanes) is 7. The van der Waals surface area contributed by atoms with Crippen molar-refractivity contribution < 1.29 is 45.3 Å². The van der Waals surface area contributed by atoms with Crippen LogP contribution in [0.25, 0.3) is 0 Å². The fourth-order valence-electron chi connectivity index (χ4n) is 1.38. The summed E-state index contributed by atoms with van der Waals surface area (Å²) in [5.74, 6) is 0. The van der Waals surface area contributed by atoms with Crippen LogP contribution in [0.2, 0.25) is 0 Å². The molecular formula is C10H24NaO3P. The summed E-state index contributed by atoms with van der Waals surface area (Å²) in [4.78, 5) is 16.9. The van der Waals surface area contributed by atoms with Crippen LogP contribution < -0.4 is 29.6 Å². The topological polar surface area (TPSA) is 49.7 Å². The predicted octanol–water partition coefficient (Wildman–Crippen LogP) is 0.472. The van der Waals surface area contributed by atoms with Gasteiger partial charge in [-0.2, -0.15) is 0 Å². The Bertz CT molecular complexity index is 120. The summed E-state index contributed by atoms with van der Waals surface area (Å²) in [6.45, 7) is 2.70. The summed E-state index contributed by atoms with van der Waals surface area (Å²) in [6.07, 6.45) is 9.94. The van der Waals surface area contributed by atoms with Crippen molar-refractivity contribution >= 4 is 8.60 Å². The van der Waals surface area contributed by atoms with Crippen LogP contribution in [0, 0.1) is 0 Å². The Morgan fingerprint density at radius 2 is 1.40 bits per heavy atom. The van der Waals surface area contributed by atoms with Gasteiger partial charge in [0.15, 0.2) is 0 Å². The molecule has 0 heterocycles. The summed E-state index contributed by atoms with van der Waals surface area (Å²) < 4.78 is 4.66. The molecule has 0 unspecified atom stereocenters. The molecule has 0 rings (SSSR count). The molecule has 5 heteroatoms. The second-order valence-corrected chi connectivity index (χ2v) is 4.32. The minimum atomic E-state index is -2.13. The van der Waals surface area contributed by atoms with Gasteiger partial charge in [-0.1, -0.05) is 51.9 Å². The van der Waals surface area contributed by atoms with Gasteiger partial charge in [0.25, 0.3) is 0 Å². The van der Waals surface area contributed by atoms with Gasteiger partial charge in [0.1, 0.15) is 0 Å². The SMILES string of the molecule is CCCCCCCCCCOP(O)O.[H-].[Na+]. The predicted molar refractivity (Wildman–Crippen MR) is 61.0 cm³/mol. The van der Waals surface area contributed by atoms with Gasteiger partial charge in [0.2, 0.25) is 0 Å². The first-order valence-corrected chi connectivity index (χ1v) is 6.74. The third-order valence-electron chi connectivity index (χ3n) is 2.20. The summed E-state index contributed by atoms with van der Waals surface area (Å²) in [6, 6.07) is 0. The summed E-state index contributed by atoms with van der Waals surface area (Å²) in [7, 11) is -2.13. The molecule has 88 valence electrons. The maximum Gasteiger partial charge on any atom is 1.00 e. The third-order valence-corrected chi connectivity index (χ3v) is 2.62. The normalized spacial score (nSPS) is 10.4. The second-order valence-electron chi connectivity index (χ2n) is 3.56. The van der Waals surface area contributed by atoms with Gasteiger partial charge >= 0.3 is 38.2 Å². The molecule has 0 fully saturated rings. The molecule has 0 aromatic carbocycles. The van der Waals surface area contributed by atoms with Crippen LogP contribution >= 0.6 is 8.60 Å². The first-order valence-electron chi connectivity index (χ1n) is 5.58. The molecular weight excluding hydrogens is 222 g/mol. The fraction of sp³-hybridized carbons (Fsp3) is 1.00. The molecule has 3 nitrogen and oxygen atoms in total. The molecule has 0 saturated carbocycles. The van der Waals surface area contributed by atoms with E-state index < -0.39 is 8.60 Å². The molecule has 0 saturated heterocycles. The van der Waals surface area contributed by atoms with Crippen LogP contribution in [0.3, 0.4) is 0 Å². The van der Waals surface area contributed by atoms with Crippen molar-refractivity contribution in [2.45, 2.75) is 58.3 Å². The monoisotopic (exact) mass is 246 g/mol. The van der Waals surface area contributed by atoms with Gasteiger partial charge in [-0.15, -0.1) is 0 Å². The van der Waals surface area contributed by atoms with Crippen LogP contribution in [0.4, 0.5) is 0 Å². The van der Waals surface area contributed by atoms with E-state index in [1.165, 1.54) is 38.5 Å². The Kier molecular flexibility index (Phi) is 19.1. The molecule has 2 N–H and O–H groups in total. The van der Waals surface area contributed by atoms with Crippen LogP contribution in [-0.4, -0.2) is 16.4 Å². The standard InChI is InChI=1S/C10H23O3P.Na.H/c1-2-3-4-5-6-7-8-9-10-13-14(11)12;;/h11-12H,2-10H2,1H3;;/q;+1;-1. The molecule has 0 amide bonds. The largest absolute Gasteiger partial charge is 1.00 e. The maximum atomic E-state index is 8.45. The average molecular weight is 246 g/mol. The van der Waals surface area contributed by atoms with Gasteiger partial charge < -0.3 is 15.7 Å². The number of rotatable bonds is 10. The minimum Gasteiger partial charge on any atom is -1.00 e. The van der Waals surface area contributed by atoms with Crippen molar-refractivity contribution in [1.29, 1.82) is 0 Å². The average Bonchev–Trinajstić information content (AvgIpc) is 2.15. The van der Waals surface area contributed by atoms with E-state index in [1.54, 1.807) is 0 Å². The Hall–Kier alpha value is 1.31. The van der Waals surface area contributed by atoms with E-state index in [9.17, 15) is 0 Å². The van der Waals surface area contributed by atoms with E-state index in [-0.39, 0.29) is 31.0 Å². The van der Waals surface area contributed by atoms with Crippen molar-refractivity contribution in [1.82, 2.24) is 0 Å². The van der Waals surface area contributed by atoms with Crippen molar-refractivity contribution in [2.75, 3.05) is 6.61 Å². The Labute approximate surface area is 118 Å². The molecule has 0 aliphatic heterocycles. The molecule has 0 aromatic heterocycles. The molecule has 0 spiro atoms. The third kappa shape index (κ3) is 17.9. The zero-order valence-electron chi connectivity index (χ0n) is 11.1. The molecule has 0 radical (unpaired) electrons. The molecule has 0 atom stereocenters. The minimum absolute atomic E-state index is 0. The molecule has 0 aromatic rings. The molecule has 0 aliphatic rings. The van der Waals surface area contributed by atoms with Crippen LogP contribution in [0.5, 0.6) is 0 Å². The molecule has 0 aliphatic carbocycles. The van der Waals surface area contributed by atoms with E-state index in [0.29, 0.717) is 6.61 Å². The Morgan fingerprint density at radius 1 is 0.933 bits per heavy atom. The fourth-order valence-corrected chi connectivity index (χ4v) is 1.67. The van der Waals surface area contributed by atoms with Gasteiger partial charge in [0, 0.05) is 0 Å². The zero-order chi connectivity index (χ0) is 10.6. The number of hydrogen-bond donors (Lipinski definition) is 2. The maximum absolute atomic E-state index is 8.45. The van der Waals surface area contributed by atoms with E-state index in [1.807, 2.05) is 0 Å². The van der Waals surface area contributed by atoms with Crippen molar-refractivity contribution in [3.05, 3.63) is 0 Å². The van der Waals surface area contributed by atoms with Crippen LogP contribution in [0.1, 0.15) is 59.7 Å². The first kappa shape index (κ1) is 18.7. The van der Waals surface area contributed by atoms with Crippen molar-refractivity contribution in [3.63, 3.8) is 0 Å². The van der Waals surface area contributed by atoms with Crippen LogP contribution in [0.15, 0.2) is 0 Å². The summed E-state index contributed by atoms with van der Waals surface area (Å²) >= 11 is 0. The smallest absolute Gasteiger partial charge is 1.00 e. The van der Waals surface area contributed by atoms with E-state index in [2.05, 4.69) is 11.4 Å². The first-order chi connectivity index (χ1) is 6.77. The molecule has 15 heavy (non-hydrogen) atoms. The van der Waals surface area contributed by atoms with Crippen molar-refractivity contribution in [3.8, 4) is 0 Å². The van der Waals surface area contributed by atoms with E-state index >= 15 is 0 Å². The van der Waals surface area contributed by atoms with Gasteiger partial charge in [-0.05, 0) is 6.42 Å². The van der Waals surface area contributed by atoms with E-state index in [0.717, 1.165) is 12.8 Å². The van der Waals surface area contributed by atoms with Crippen LogP contribution in [-0.2, 0) is 4.52 Å². The van der Waals surface area contributed by atoms with E-state index in [4.69, 9.17) is 9.79 Å². The van der Waals surface area contributed by atoms with Gasteiger partial charge in [-0.3, -0.25) is 0 Å². The summed E-state index contributed by atoms with van der Waals surface area (Å²) in [5.41, 5.74) is 0. The quantitative estimate of drug-likeness (QED) is 0.335. The van der Waals surface area contributed by atoms with Gasteiger partial charge in [-0.25, -0.2) is 0 Å². The van der Waals surface area contributed by atoms with Crippen molar-refractivity contribution in [2.24, 2.45) is 0 Å². The summed E-state index contributed by atoms with van der Waals surface area (Å²) in [5, 5.41) is 0. The number of hydrogen-bond acceptors (Lipinski definition) is 3. The Balaban J connectivity index is -0.000000845. The Morgan fingerprint density at radius 3 is 1.87 bits per heavy atom. The van der Waals surface area contributed by atoms with Gasteiger partial charge in [0.05, 0.1) is 6.61 Å². The molecule has 0 bridgehead atoms. The zero-order valence-corrected chi connectivity index (χ0v) is 13.0. The second kappa shape index (κ2) is 15.3.